The fraction of sp³-hybridized carbons (Fsp3) is 1.00. The van der Waals surface area contributed by atoms with Gasteiger partial charge >= 0.3 is 35.2 Å². The van der Waals surface area contributed by atoms with Crippen molar-refractivity contribution in [3.63, 3.8) is 0 Å². The summed E-state index contributed by atoms with van der Waals surface area (Å²) >= 11 is 0. The highest BCUT2D eigenvalue weighted by atomic mass is 28.6. The van der Waals surface area contributed by atoms with Gasteiger partial charge in [-0.25, -0.2) is 0 Å². The highest BCUT2D eigenvalue weighted by Crippen LogP contribution is 2.26. The molecule has 0 amide bonds. The fourth-order valence-corrected chi connectivity index (χ4v) is 14.9. The van der Waals surface area contributed by atoms with Crippen LogP contribution in [0.5, 0.6) is 0 Å². The Labute approximate surface area is 97.5 Å². The lowest BCUT2D eigenvalue weighted by Gasteiger charge is -2.40. The summed E-state index contributed by atoms with van der Waals surface area (Å²) in [6.45, 7) is 6.36. The Morgan fingerprint density at radius 3 is 1.19 bits per heavy atom. The third-order valence-corrected chi connectivity index (χ3v) is 13.6. The predicted octanol–water partition coefficient (Wildman–Crippen LogP) is -1.69. The van der Waals surface area contributed by atoms with Crippen molar-refractivity contribution in [1.82, 2.24) is 0 Å². The van der Waals surface area contributed by atoms with E-state index in [9.17, 15) is 19.2 Å². The Morgan fingerprint density at radius 2 is 0.875 bits per heavy atom. The normalized spacial score (nSPS) is 31.5. The Morgan fingerprint density at radius 1 is 0.562 bits per heavy atom. The van der Waals surface area contributed by atoms with Crippen LogP contribution in [0.1, 0.15) is 0 Å². The van der Waals surface area contributed by atoms with E-state index in [1.807, 2.05) is 0 Å². The van der Waals surface area contributed by atoms with Crippen LogP contribution in [0, 0.1) is 0 Å². The standard InChI is InChI=1S/C4H16O8Si4/c1-13(2)9-14(3,4)11-16(7,8)12-15(5,6)10-13/h5-8H,1-4H3. The van der Waals surface area contributed by atoms with E-state index in [0.717, 1.165) is 0 Å². The van der Waals surface area contributed by atoms with Crippen LogP contribution in [0.4, 0.5) is 0 Å². The molecule has 4 N–H and O–H groups in total. The Kier molecular flexibility index (Phi) is 3.69. The summed E-state index contributed by atoms with van der Waals surface area (Å²) in [5.74, 6) is 0. The van der Waals surface area contributed by atoms with Gasteiger partial charge in [0.2, 0.25) is 0 Å². The van der Waals surface area contributed by atoms with E-state index in [-0.39, 0.29) is 0 Å². The lowest BCUT2D eigenvalue weighted by atomic mass is 11.9. The molecule has 0 aliphatic carbocycles. The van der Waals surface area contributed by atoms with Crippen molar-refractivity contribution in [2.24, 2.45) is 0 Å². The second kappa shape index (κ2) is 4.04. The van der Waals surface area contributed by atoms with Crippen LogP contribution < -0.4 is 0 Å². The summed E-state index contributed by atoms with van der Waals surface area (Å²) in [7, 11) is -14.9. The minimum atomic E-state index is -4.61. The van der Waals surface area contributed by atoms with E-state index >= 15 is 0 Å². The van der Waals surface area contributed by atoms with Crippen molar-refractivity contribution in [2.45, 2.75) is 26.2 Å². The van der Waals surface area contributed by atoms with Gasteiger partial charge in [0.25, 0.3) is 0 Å². The molecule has 16 heavy (non-hydrogen) atoms. The first-order valence-corrected chi connectivity index (χ1v) is 13.6. The van der Waals surface area contributed by atoms with Gasteiger partial charge in [0, 0.05) is 0 Å². The molecule has 0 aromatic carbocycles. The lowest BCUT2D eigenvalue weighted by Crippen LogP contribution is -2.68. The Balaban J connectivity index is 2.98. The molecular weight excluding hydrogens is 288 g/mol. The van der Waals surface area contributed by atoms with E-state index in [0.29, 0.717) is 0 Å². The molecule has 8 nitrogen and oxygen atoms in total. The molecule has 1 heterocycles. The van der Waals surface area contributed by atoms with Crippen LogP contribution in [0.25, 0.3) is 0 Å². The molecule has 1 fully saturated rings. The summed E-state index contributed by atoms with van der Waals surface area (Å²) < 4.78 is 19.8. The van der Waals surface area contributed by atoms with Crippen LogP contribution in [0.2, 0.25) is 26.2 Å². The highest BCUT2D eigenvalue weighted by Gasteiger charge is 2.60. The topological polar surface area (TPSA) is 118 Å². The predicted molar refractivity (Wildman–Crippen MR) is 59.7 cm³/mol. The average molecular weight is 305 g/mol. The second-order valence-electron chi connectivity index (χ2n) is 4.30. The van der Waals surface area contributed by atoms with Crippen LogP contribution >= 0.6 is 0 Å². The van der Waals surface area contributed by atoms with E-state index in [1.54, 1.807) is 26.2 Å². The minimum Gasteiger partial charge on any atom is -0.416 e. The molecule has 0 aromatic heterocycles. The van der Waals surface area contributed by atoms with Crippen molar-refractivity contribution >= 4 is 35.2 Å². The molecule has 0 atom stereocenters. The molecule has 1 aliphatic heterocycles. The third-order valence-electron chi connectivity index (χ3n) is 1.51. The highest BCUT2D eigenvalue weighted by molar-refractivity contribution is 6.87. The maximum absolute atomic E-state index is 9.38. The molecular formula is C4H16O8Si4. The first-order chi connectivity index (χ1) is 6.83. The molecule has 1 saturated heterocycles. The molecule has 0 radical (unpaired) electrons. The van der Waals surface area contributed by atoms with Gasteiger partial charge in [0.1, 0.15) is 0 Å². The van der Waals surface area contributed by atoms with Gasteiger partial charge in [-0.1, -0.05) is 0 Å². The van der Waals surface area contributed by atoms with E-state index in [1.165, 1.54) is 0 Å². The molecule has 1 aliphatic rings. The fourth-order valence-electron chi connectivity index (χ4n) is 1.49. The van der Waals surface area contributed by atoms with Gasteiger partial charge in [-0.2, -0.15) is 0 Å². The summed E-state index contributed by atoms with van der Waals surface area (Å²) in [5.41, 5.74) is 0. The first-order valence-electron chi connectivity index (χ1n) is 4.53. The summed E-state index contributed by atoms with van der Waals surface area (Å²) in [5, 5.41) is 0. The molecule has 0 saturated carbocycles. The van der Waals surface area contributed by atoms with Gasteiger partial charge in [0.05, 0.1) is 0 Å². The quantitative estimate of drug-likeness (QED) is 0.392. The third kappa shape index (κ3) is 4.43. The van der Waals surface area contributed by atoms with Crippen molar-refractivity contribution < 1.29 is 35.6 Å². The molecule has 12 heteroatoms. The molecule has 1 rings (SSSR count). The van der Waals surface area contributed by atoms with Crippen molar-refractivity contribution in [2.75, 3.05) is 0 Å². The molecule has 96 valence electrons. The largest absolute Gasteiger partial charge is 0.659 e. The molecule has 0 aromatic rings. The summed E-state index contributed by atoms with van der Waals surface area (Å²) in [4.78, 5) is 37.5. The number of hydrogen-bond donors (Lipinski definition) is 4. The van der Waals surface area contributed by atoms with E-state index in [4.69, 9.17) is 12.3 Å². The lowest BCUT2D eigenvalue weighted by molar-refractivity contribution is 0.0274. The van der Waals surface area contributed by atoms with Crippen LogP contribution in [0.15, 0.2) is 0 Å². The molecule has 0 spiro atoms. The smallest absolute Gasteiger partial charge is 0.416 e. The van der Waals surface area contributed by atoms with Gasteiger partial charge in [0.15, 0.2) is 0 Å². The number of hydrogen-bond acceptors (Lipinski definition) is 8. The van der Waals surface area contributed by atoms with Crippen LogP contribution in [-0.4, -0.2) is 54.4 Å². The van der Waals surface area contributed by atoms with Gasteiger partial charge in [-0.3, -0.25) is 0 Å². The van der Waals surface area contributed by atoms with Gasteiger partial charge < -0.3 is 35.6 Å². The zero-order valence-corrected chi connectivity index (χ0v) is 13.4. The maximum atomic E-state index is 9.38. The number of rotatable bonds is 0. The van der Waals surface area contributed by atoms with Crippen molar-refractivity contribution in [3.05, 3.63) is 0 Å². The van der Waals surface area contributed by atoms with Gasteiger partial charge in [-0.15, -0.1) is 0 Å². The summed E-state index contributed by atoms with van der Waals surface area (Å²) in [6, 6.07) is 0. The monoisotopic (exact) mass is 304 g/mol. The van der Waals surface area contributed by atoms with E-state index < -0.39 is 35.2 Å². The van der Waals surface area contributed by atoms with Crippen molar-refractivity contribution in [1.29, 1.82) is 0 Å². The van der Waals surface area contributed by atoms with Crippen molar-refractivity contribution in [3.8, 4) is 0 Å². The van der Waals surface area contributed by atoms with E-state index in [2.05, 4.69) is 4.12 Å². The zero-order chi connectivity index (χ0) is 12.8. The summed E-state index contributed by atoms with van der Waals surface area (Å²) in [6.07, 6.45) is 0. The SMILES string of the molecule is C[Si]1(C)O[Si](C)(C)O[Si](O)(O)O[Si](O)(O)O1. The molecule has 0 unspecified atom stereocenters. The van der Waals surface area contributed by atoms with Crippen LogP contribution in [0.3, 0.4) is 0 Å². The molecule has 0 bridgehead atoms. The Bertz CT molecular complexity index is 205. The minimum absolute atomic E-state index is 1.59. The maximum Gasteiger partial charge on any atom is 0.659 e. The van der Waals surface area contributed by atoms with Crippen LogP contribution in [-0.2, 0) is 16.5 Å². The zero-order valence-electron chi connectivity index (χ0n) is 9.42. The average Bonchev–Trinajstić information content (AvgIpc) is 1.67. The second-order valence-corrected chi connectivity index (χ2v) is 15.4. The Hall–Kier alpha value is 0.548. The first kappa shape index (κ1) is 14.6. The van der Waals surface area contributed by atoms with Gasteiger partial charge in [-0.05, 0) is 26.2 Å².